The van der Waals surface area contributed by atoms with E-state index >= 15 is 0 Å². The van der Waals surface area contributed by atoms with Crippen LogP contribution in [0.1, 0.15) is 20.8 Å². The number of rotatable bonds is 3. The van der Waals surface area contributed by atoms with Crippen molar-refractivity contribution in [2.24, 2.45) is 0 Å². The summed E-state index contributed by atoms with van der Waals surface area (Å²) in [6.07, 6.45) is 0. The van der Waals surface area contributed by atoms with Crippen molar-refractivity contribution in [2.45, 2.75) is 20.8 Å². The van der Waals surface area contributed by atoms with Crippen molar-refractivity contribution in [3.05, 3.63) is 0 Å². The van der Waals surface area contributed by atoms with Gasteiger partial charge in [0.25, 0.3) is 0 Å². The highest BCUT2D eigenvalue weighted by atomic mass is 16.4. The number of carboxylic acid groups (broad SMARTS) is 1. The molecular formula is C7H18BNO2. The molecule has 0 heterocycles. The molecule has 0 unspecified atom stereocenters. The Morgan fingerprint density at radius 1 is 1.27 bits per heavy atom. The van der Waals surface area contributed by atoms with Gasteiger partial charge < -0.3 is 10.0 Å². The summed E-state index contributed by atoms with van der Waals surface area (Å²) < 4.78 is 0. The lowest BCUT2D eigenvalue weighted by Crippen LogP contribution is -2.21. The van der Waals surface area contributed by atoms with E-state index in [0.717, 1.165) is 7.85 Å². The molecule has 4 heteroatoms. The predicted octanol–water partition coefficient (Wildman–Crippen LogP) is 0.646. The minimum absolute atomic E-state index is 0.833. The third kappa shape index (κ3) is 17.7. The Bertz CT molecular complexity index is 84.9. The van der Waals surface area contributed by atoms with E-state index in [9.17, 15) is 0 Å². The third-order valence-corrected chi connectivity index (χ3v) is 1.34. The first kappa shape index (κ1) is 13.1. The molecule has 1 N–H and O–H groups in total. The van der Waals surface area contributed by atoms with Crippen molar-refractivity contribution in [3.63, 3.8) is 0 Å². The molecule has 0 aliphatic rings. The molecular weight excluding hydrogens is 141 g/mol. The fraction of sp³-hybridized carbons (Fsp3) is 0.857. The summed E-state index contributed by atoms with van der Waals surface area (Å²) >= 11 is 0. The van der Waals surface area contributed by atoms with Crippen molar-refractivity contribution in [1.82, 2.24) is 4.90 Å². The van der Waals surface area contributed by atoms with Crippen LogP contribution in [0, 0.1) is 0 Å². The molecule has 66 valence electrons. The van der Waals surface area contributed by atoms with Gasteiger partial charge in [0.05, 0.1) is 0 Å². The fourth-order valence-electron chi connectivity index (χ4n) is 0.671. The molecule has 0 aromatic heterocycles. The Labute approximate surface area is 69.8 Å². The van der Waals surface area contributed by atoms with E-state index in [0.29, 0.717) is 0 Å². The van der Waals surface area contributed by atoms with Crippen LogP contribution in [0.3, 0.4) is 0 Å². The van der Waals surface area contributed by atoms with Crippen LogP contribution < -0.4 is 0 Å². The van der Waals surface area contributed by atoms with Crippen LogP contribution >= 0.6 is 0 Å². The molecule has 0 aliphatic carbocycles. The fourth-order valence-corrected chi connectivity index (χ4v) is 0.671. The van der Waals surface area contributed by atoms with Crippen LogP contribution in [0.4, 0.5) is 4.79 Å². The number of hydrogen-bond acceptors (Lipinski definition) is 2. The molecule has 3 nitrogen and oxygen atoms in total. The van der Waals surface area contributed by atoms with Gasteiger partial charge in [-0.1, -0.05) is 20.8 Å². The predicted molar refractivity (Wildman–Crippen MR) is 50.0 cm³/mol. The molecule has 0 aliphatic heterocycles. The molecule has 0 atom stereocenters. The van der Waals surface area contributed by atoms with E-state index in [-0.39, 0.29) is 0 Å². The van der Waals surface area contributed by atoms with Gasteiger partial charge in [-0.05, 0) is 19.6 Å². The second-order valence-electron chi connectivity index (χ2n) is 2.14. The number of hydrogen-bond donors (Lipinski definition) is 1. The molecule has 0 saturated heterocycles. The maximum absolute atomic E-state index is 9.00. The topological polar surface area (TPSA) is 40.5 Å². The smallest absolute Gasteiger partial charge is 0.242 e. The van der Waals surface area contributed by atoms with Crippen LogP contribution in [-0.4, -0.2) is 43.4 Å². The summed E-state index contributed by atoms with van der Waals surface area (Å²) in [4.78, 5) is 11.4. The van der Waals surface area contributed by atoms with Gasteiger partial charge in [0.2, 0.25) is 13.7 Å². The van der Waals surface area contributed by atoms with E-state index in [4.69, 9.17) is 9.90 Å². The van der Waals surface area contributed by atoms with Gasteiger partial charge >= 0.3 is 0 Å². The van der Waals surface area contributed by atoms with Crippen LogP contribution in [0.2, 0.25) is 0 Å². The first-order chi connectivity index (χ1) is 5.08. The molecule has 0 fully saturated rings. The third-order valence-electron chi connectivity index (χ3n) is 1.34. The molecule has 0 bridgehead atoms. The van der Waals surface area contributed by atoms with Gasteiger partial charge in [-0.25, -0.2) is 0 Å². The van der Waals surface area contributed by atoms with Crippen molar-refractivity contribution >= 4 is 13.7 Å². The normalized spacial score (nSPS) is 8.73. The van der Waals surface area contributed by atoms with Crippen LogP contribution in [0.5, 0.6) is 0 Å². The molecule has 11 heavy (non-hydrogen) atoms. The molecule has 0 rings (SSSR count). The molecule has 0 saturated carbocycles. The first-order valence-electron chi connectivity index (χ1n) is 4.00. The largest absolute Gasteiger partial charge is 0.490 e. The Balaban J connectivity index is 0. The second-order valence-corrected chi connectivity index (χ2v) is 2.14. The van der Waals surface area contributed by atoms with E-state index in [1.165, 1.54) is 19.6 Å². The van der Waals surface area contributed by atoms with Gasteiger partial charge in [-0.2, -0.15) is 0 Å². The zero-order valence-corrected chi connectivity index (χ0v) is 7.92. The highest BCUT2D eigenvalue weighted by Gasteiger charge is 1.89. The van der Waals surface area contributed by atoms with Gasteiger partial charge in [0, 0.05) is 0 Å². The maximum Gasteiger partial charge on any atom is 0.242 e. The molecule has 0 aromatic rings. The van der Waals surface area contributed by atoms with Gasteiger partial charge in [0.1, 0.15) is 0 Å². The van der Waals surface area contributed by atoms with Gasteiger partial charge in [-0.3, -0.25) is 4.79 Å². The number of nitrogens with zero attached hydrogens (tertiary/aromatic N) is 1. The van der Waals surface area contributed by atoms with E-state index in [2.05, 4.69) is 25.7 Å². The summed E-state index contributed by atoms with van der Waals surface area (Å²) in [6, 6.07) is 0. The number of carbonyl (C=O) groups is 1. The van der Waals surface area contributed by atoms with E-state index in [1.807, 2.05) is 0 Å². The maximum atomic E-state index is 9.00. The lowest BCUT2D eigenvalue weighted by molar-refractivity contribution is 0.220. The van der Waals surface area contributed by atoms with Crippen molar-refractivity contribution in [1.29, 1.82) is 0 Å². The molecule has 0 amide bonds. The van der Waals surface area contributed by atoms with Gasteiger partial charge in [0.15, 0.2) is 0 Å². The van der Waals surface area contributed by atoms with Crippen molar-refractivity contribution in [3.8, 4) is 0 Å². The molecule has 0 radical (unpaired) electrons. The Kier molecular flexibility index (Phi) is 11.3. The summed E-state index contributed by atoms with van der Waals surface area (Å²) in [5, 5.41) is 7.42. The summed E-state index contributed by atoms with van der Waals surface area (Å²) in [7, 11) is 1.08. The average Bonchev–Trinajstić information content (AvgIpc) is 1.90. The highest BCUT2D eigenvalue weighted by molar-refractivity contribution is 6.54. The lowest BCUT2D eigenvalue weighted by Gasteiger charge is -2.13. The minimum atomic E-state index is -0.833. The lowest BCUT2D eigenvalue weighted by atomic mass is 10.2. The second kappa shape index (κ2) is 9.49. The Hall–Kier alpha value is -0.505. The standard InChI is InChI=1S/C6H15N.CH3BO2/c1-4-7(5-2)6-3;2-1(3)4/h4-6H2,1-3H3;2H2,(H,3,4). The van der Waals surface area contributed by atoms with Crippen molar-refractivity contribution < 1.29 is 9.90 Å². The van der Waals surface area contributed by atoms with Crippen LogP contribution in [-0.2, 0) is 0 Å². The monoisotopic (exact) mass is 159 g/mol. The van der Waals surface area contributed by atoms with E-state index < -0.39 is 5.87 Å². The zero-order valence-electron chi connectivity index (χ0n) is 7.92. The quantitative estimate of drug-likeness (QED) is 0.614. The van der Waals surface area contributed by atoms with Crippen LogP contribution in [0.15, 0.2) is 0 Å². The SMILES string of the molecule is BC(=O)O.CCN(CC)CC. The summed E-state index contributed by atoms with van der Waals surface area (Å²) in [5.41, 5.74) is 0. The highest BCUT2D eigenvalue weighted by Crippen LogP contribution is 1.81. The first-order valence-corrected chi connectivity index (χ1v) is 4.00. The minimum Gasteiger partial charge on any atom is -0.490 e. The van der Waals surface area contributed by atoms with Crippen molar-refractivity contribution in [2.75, 3.05) is 19.6 Å². The summed E-state index contributed by atoms with van der Waals surface area (Å²) in [6.45, 7) is 10.1. The molecule has 0 aromatic carbocycles. The van der Waals surface area contributed by atoms with Gasteiger partial charge in [-0.15, -0.1) is 0 Å². The zero-order chi connectivity index (χ0) is 9.28. The summed E-state index contributed by atoms with van der Waals surface area (Å²) in [5.74, 6) is -0.833. The Morgan fingerprint density at radius 3 is 1.45 bits per heavy atom. The average molecular weight is 159 g/mol. The molecule has 0 spiro atoms. The Morgan fingerprint density at radius 2 is 1.45 bits per heavy atom. The van der Waals surface area contributed by atoms with E-state index in [1.54, 1.807) is 0 Å². The van der Waals surface area contributed by atoms with Crippen LogP contribution in [0.25, 0.3) is 0 Å².